The molecule has 1 heterocycles. The van der Waals surface area contributed by atoms with E-state index in [0.717, 1.165) is 32.7 Å². The molecule has 1 fully saturated rings. The van der Waals surface area contributed by atoms with E-state index in [1.165, 1.54) is 15.7 Å². The molecule has 1 aliphatic rings. The molecule has 18 heavy (non-hydrogen) atoms. The summed E-state index contributed by atoms with van der Waals surface area (Å²) in [6.45, 7) is 9.42. The number of anilines is 1. The van der Waals surface area contributed by atoms with E-state index in [1.54, 1.807) is 0 Å². The van der Waals surface area contributed by atoms with Crippen LogP contribution in [0, 0.1) is 6.92 Å². The van der Waals surface area contributed by atoms with Gasteiger partial charge < -0.3 is 10.6 Å². The first kappa shape index (κ1) is 13.8. The molecular formula is C14H22BrN3. The lowest BCUT2D eigenvalue weighted by molar-refractivity contribution is 0.195. The lowest BCUT2D eigenvalue weighted by Gasteiger charge is -2.41. The van der Waals surface area contributed by atoms with E-state index in [2.05, 4.69) is 57.8 Å². The fraction of sp³-hybridized carbons (Fsp3) is 0.571. The summed E-state index contributed by atoms with van der Waals surface area (Å²) < 4.78 is 1.19. The molecule has 1 aliphatic heterocycles. The van der Waals surface area contributed by atoms with Gasteiger partial charge in [-0.2, -0.15) is 0 Å². The van der Waals surface area contributed by atoms with E-state index >= 15 is 0 Å². The lowest BCUT2D eigenvalue weighted by Crippen LogP contribution is -2.53. The maximum absolute atomic E-state index is 5.64. The fourth-order valence-electron chi connectivity index (χ4n) is 2.51. The minimum Gasteiger partial charge on any atom is -0.369 e. The molecule has 2 N–H and O–H groups in total. The minimum atomic E-state index is 0.572. The summed E-state index contributed by atoms with van der Waals surface area (Å²) in [5.41, 5.74) is 8.24. The average Bonchev–Trinajstić information content (AvgIpc) is 2.35. The SMILES string of the molecule is Cc1ccc(N2CCN(CCN)C(C)C2)cc1Br. The summed E-state index contributed by atoms with van der Waals surface area (Å²) in [6, 6.07) is 7.19. The third-order valence-corrected chi connectivity index (χ3v) is 4.56. The number of piperazine rings is 1. The van der Waals surface area contributed by atoms with Crippen LogP contribution >= 0.6 is 15.9 Å². The zero-order valence-corrected chi connectivity index (χ0v) is 12.8. The molecule has 0 spiro atoms. The van der Waals surface area contributed by atoms with E-state index in [4.69, 9.17) is 5.73 Å². The summed E-state index contributed by atoms with van der Waals surface area (Å²) in [7, 11) is 0. The van der Waals surface area contributed by atoms with Crippen molar-refractivity contribution in [1.82, 2.24) is 4.90 Å². The van der Waals surface area contributed by atoms with Crippen molar-refractivity contribution in [2.45, 2.75) is 19.9 Å². The number of halogens is 1. The Kier molecular flexibility index (Phi) is 4.65. The van der Waals surface area contributed by atoms with Gasteiger partial charge in [0.05, 0.1) is 0 Å². The fourth-order valence-corrected chi connectivity index (χ4v) is 2.87. The number of nitrogens with two attached hydrogens (primary N) is 1. The van der Waals surface area contributed by atoms with Crippen LogP contribution in [-0.2, 0) is 0 Å². The molecule has 1 aromatic rings. The average molecular weight is 312 g/mol. The van der Waals surface area contributed by atoms with Crippen molar-refractivity contribution >= 4 is 21.6 Å². The van der Waals surface area contributed by atoms with E-state index < -0.39 is 0 Å². The van der Waals surface area contributed by atoms with Crippen LogP contribution in [0.2, 0.25) is 0 Å². The summed E-state index contributed by atoms with van der Waals surface area (Å²) in [5.74, 6) is 0. The van der Waals surface area contributed by atoms with Crippen LogP contribution in [0.25, 0.3) is 0 Å². The molecule has 1 saturated heterocycles. The molecular weight excluding hydrogens is 290 g/mol. The van der Waals surface area contributed by atoms with Crippen LogP contribution in [-0.4, -0.2) is 43.7 Å². The summed E-state index contributed by atoms with van der Waals surface area (Å²) in [5, 5.41) is 0. The summed E-state index contributed by atoms with van der Waals surface area (Å²) >= 11 is 3.61. The molecule has 0 aliphatic carbocycles. The van der Waals surface area contributed by atoms with Crippen molar-refractivity contribution in [3.05, 3.63) is 28.2 Å². The van der Waals surface area contributed by atoms with E-state index in [-0.39, 0.29) is 0 Å². The van der Waals surface area contributed by atoms with Gasteiger partial charge in [0.2, 0.25) is 0 Å². The van der Waals surface area contributed by atoms with Crippen molar-refractivity contribution < 1.29 is 0 Å². The predicted molar refractivity (Wildman–Crippen MR) is 81.2 cm³/mol. The zero-order valence-electron chi connectivity index (χ0n) is 11.2. The van der Waals surface area contributed by atoms with Crippen LogP contribution in [0.1, 0.15) is 12.5 Å². The molecule has 100 valence electrons. The second-order valence-electron chi connectivity index (χ2n) is 5.05. The molecule has 1 aromatic carbocycles. The topological polar surface area (TPSA) is 32.5 Å². The monoisotopic (exact) mass is 311 g/mol. The third-order valence-electron chi connectivity index (χ3n) is 3.70. The molecule has 0 aromatic heterocycles. The van der Waals surface area contributed by atoms with Crippen molar-refractivity contribution in [2.75, 3.05) is 37.6 Å². The molecule has 0 amide bonds. The van der Waals surface area contributed by atoms with E-state index in [9.17, 15) is 0 Å². The van der Waals surface area contributed by atoms with Crippen LogP contribution < -0.4 is 10.6 Å². The van der Waals surface area contributed by atoms with Gasteiger partial charge in [0.25, 0.3) is 0 Å². The van der Waals surface area contributed by atoms with Crippen molar-refractivity contribution in [3.8, 4) is 0 Å². The standard InChI is InChI=1S/C14H22BrN3/c1-11-3-4-13(9-14(11)15)18-8-7-17(6-5-16)12(2)10-18/h3-4,9,12H,5-8,10,16H2,1-2H3. The van der Waals surface area contributed by atoms with Gasteiger partial charge in [-0.25, -0.2) is 0 Å². The molecule has 1 unspecified atom stereocenters. The summed E-state index contributed by atoms with van der Waals surface area (Å²) in [6.07, 6.45) is 0. The Hall–Kier alpha value is -0.580. The highest BCUT2D eigenvalue weighted by Gasteiger charge is 2.23. The Morgan fingerprint density at radius 2 is 2.17 bits per heavy atom. The molecule has 0 bridgehead atoms. The third kappa shape index (κ3) is 3.05. The van der Waals surface area contributed by atoms with Crippen molar-refractivity contribution in [2.24, 2.45) is 5.73 Å². The van der Waals surface area contributed by atoms with Gasteiger partial charge in [-0.3, -0.25) is 4.90 Å². The first-order chi connectivity index (χ1) is 8.61. The van der Waals surface area contributed by atoms with Crippen LogP contribution in [0.4, 0.5) is 5.69 Å². The number of hydrogen-bond donors (Lipinski definition) is 1. The molecule has 4 heteroatoms. The molecule has 2 rings (SSSR count). The quantitative estimate of drug-likeness (QED) is 0.929. The normalized spacial score (nSPS) is 21.3. The van der Waals surface area contributed by atoms with Gasteiger partial charge >= 0.3 is 0 Å². The smallest absolute Gasteiger partial charge is 0.0378 e. The van der Waals surface area contributed by atoms with Gasteiger partial charge in [-0.15, -0.1) is 0 Å². The van der Waals surface area contributed by atoms with Crippen LogP contribution in [0.15, 0.2) is 22.7 Å². The maximum Gasteiger partial charge on any atom is 0.0378 e. The van der Waals surface area contributed by atoms with Crippen LogP contribution in [0.3, 0.4) is 0 Å². The minimum absolute atomic E-state index is 0.572. The molecule has 0 saturated carbocycles. The van der Waals surface area contributed by atoms with Gasteiger partial charge in [0.1, 0.15) is 0 Å². The highest BCUT2D eigenvalue weighted by Crippen LogP contribution is 2.25. The molecule has 1 atom stereocenters. The zero-order chi connectivity index (χ0) is 13.1. The first-order valence-corrected chi connectivity index (χ1v) is 7.36. The number of benzene rings is 1. The van der Waals surface area contributed by atoms with Crippen molar-refractivity contribution in [3.63, 3.8) is 0 Å². The Labute approximate surface area is 118 Å². The van der Waals surface area contributed by atoms with E-state index in [0.29, 0.717) is 6.04 Å². The number of nitrogens with zero attached hydrogens (tertiary/aromatic N) is 2. The Morgan fingerprint density at radius 1 is 1.39 bits per heavy atom. The molecule has 0 radical (unpaired) electrons. The highest BCUT2D eigenvalue weighted by atomic mass is 79.9. The first-order valence-electron chi connectivity index (χ1n) is 6.57. The van der Waals surface area contributed by atoms with Gasteiger partial charge in [-0.05, 0) is 31.5 Å². The maximum atomic E-state index is 5.64. The predicted octanol–water partition coefficient (Wildman–Crippen LogP) is 2.23. The second kappa shape index (κ2) is 6.04. The van der Waals surface area contributed by atoms with E-state index in [1.807, 2.05) is 0 Å². The number of aryl methyl sites for hydroxylation is 1. The Morgan fingerprint density at radius 3 is 2.78 bits per heavy atom. The van der Waals surface area contributed by atoms with Gasteiger partial charge in [0, 0.05) is 48.9 Å². The second-order valence-corrected chi connectivity index (χ2v) is 5.91. The van der Waals surface area contributed by atoms with Crippen LogP contribution in [0.5, 0.6) is 0 Å². The molecule has 3 nitrogen and oxygen atoms in total. The number of rotatable bonds is 3. The lowest BCUT2D eigenvalue weighted by atomic mass is 10.1. The Bertz CT molecular complexity index is 408. The Balaban J connectivity index is 2.05. The van der Waals surface area contributed by atoms with Gasteiger partial charge in [-0.1, -0.05) is 22.0 Å². The van der Waals surface area contributed by atoms with Crippen molar-refractivity contribution in [1.29, 1.82) is 0 Å². The van der Waals surface area contributed by atoms with Gasteiger partial charge in [0.15, 0.2) is 0 Å². The largest absolute Gasteiger partial charge is 0.369 e. The highest BCUT2D eigenvalue weighted by molar-refractivity contribution is 9.10. The number of hydrogen-bond acceptors (Lipinski definition) is 3. The summed E-state index contributed by atoms with van der Waals surface area (Å²) in [4.78, 5) is 4.93.